The maximum absolute atomic E-state index is 12.8. The van der Waals surface area contributed by atoms with Gasteiger partial charge in [0.25, 0.3) is 0 Å². The van der Waals surface area contributed by atoms with Gasteiger partial charge in [0.2, 0.25) is 0 Å². The van der Waals surface area contributed by atoms with Gasteiger partial charge in [0.1, 0.15) is 5.82 Å². The first-order valence-corrected chi connectivity index (χ1v) is 6.37. The van der Waals surface area contributed by atoms with Crippen LogP contribution in [0.2, 0.25) is 5.02 Å². The molecule has 4 heteroatoms. The predicted octanol–water partition coefficient (Wildman–Crippen LogP) is 3.93. The van der Waals surface area contributed by atoms with Gasteiger partial charge in [0.15, 0.2) is 0 Å². The van der Waals surface area contributed by atoms with Crippen molar-refractivity contribution in [2.45, 2.75) is 13.0 Å². The summed E-state index contributed by atoms with van der Waals surface area (Å²) >= 11 is 6.05. The van der Waals surface area contributed by atoms with E-state index in [1.54, 1.807) is 12.1 Å². The molecular formula is C15H15ClFNO. The Morgan fingerprint density at radius 2 is 1.89 bits per heavy atom. The van der Waals surface area contributed by atoms with E-state index in [9.17, 15) is 9.50 Å². The Bertz CT molecular complexity index is 557. The fourth-order valence-electron chi connectivity index (χ4n) is 1.78. The number of halogens is 2. The Morgan fingerprint density at radius 3 is 2.58 bits per heavy atom. The van der Waals surface area contributed by atoms with Crippen molar-refractivity contribution >= 4 is 17.3 Å². The number of benzene rings is 2. The normalized spacial score (nSPS) is 12.2. The minimum Gasteiger partial charge on any atom is -0.387 e. The Hall–Kier alpha value is -1.58. The third-order valence-corrected chi connectivity index (χ3v) is 3.19. The van der Waals surface area contributed by atoms with Gasteiger partial charge in [-0.3, -0.25) is 0 Å². The SMILES string of the molecule is Cc1ccc(Cl)c(NCC(O)c2ccc(F)cc2)c1. The first-order chi connectivity index (χ1) is 9.06. The van der Waals surface area contributed by atoms with E-state index in [-0.39, 0.29) is 5.82 Å². The van der Waals surface area contributed by atoms with Crippen LogP contribution in [0.4, 0.5) is 10.1 Å². The second-order valence-electron chi connectivity index (χ2n) is 4.43. The zero-order chi connectivity index (χ0) is 13.8. The minimum absolute atomic E-state index is 0.314. The van der Waals surface area contributed by atoms with Crippen molar-refractivity contribution in [3.05, 3.63) is 64.4 Å². The molecule has 0 heterocycles. The zero-order valence-electron chi connectivity index (χ0n) is 10.5. The molecule has 2 aromatic carbocycles. The van der Waals surface area contributed by atoms with Crippen molar-refractivity contribution in [1.82, 2.24) is 0 Å². The Morgan fingerprint density at radius 1 is 1.21 bits per heavy atom. The zero-order valence-corrected chi connectivity index (χ0v) is 11.3. The molecule has 0 fully saturated rings. The van der Waals surface area contributed by atoms with Crippen LogP contribution in [0.3, 0.4) is 0 Å². The molecule has 2 rings (SSSR count). The van der Waals surface area contributed by atoms with Crippen molar-refractivity contribution < 1.29 is 9.50 Å². The predicted molar refractivity (Wildman–Crippen MR) is 76.0 cm³/mol. The topological polar surface area (TPSA) is 32.3 Å². The highest BCUT2D eigenvalue weighted by molar-refractivity contribution is 6.33. The number of anilines is 1. The van der Waals surface area contributed by atoms with Crippen LogP contribution in [0, 0.1) is 12.7 Å². The standard InChI is InChI=1S/C15H15ClFNO/c1-10-2-7-13(16)14(8-10)18-9-15(19)11-3-5-12(17)6-4-11/h2-8,15,18-19H,9H2,1H3. The van der Waals surface area contributed by atoms with Crippen molar-refractivity contribution in [1.29, 1.82) is 0 Å². The molecule has 0 spiro atoms. The lowest BCUT2D eigenvalue weighted by atomic mass is 10.1. The van der Waals surface area contributed by atoms with Gasteiger partial charge in [-0.05, 0) is 42.3 Å². The second kappa shape index (κ2) is 6.04. The van der Waals surface area contributed by atoms with E-state index in [2.05, 4.69) is 5.32 Å². The van der Waals surface area contributed by atoms with Gasteiger partial charge in [-0.15, -0.1) is 0 Å². The van der Waals surface area contributed by atoms with Crippen LogP contribution in [0.25, 0.3) is 0 Å². The molecule has 0 saturated carbocycles. The lowest BCUT2D eigenvalue weighted by molar-refractivity contribution is 0.191. The number of hydrogen-bond acceptors (Lipinski definition) is 2. The Labute approximate surface area is 116 Å². The number of aliphatic hydroxyl groups is 1. The highest BCUT2D eigenvalue weighted by Gasteiger charge is 2.08. The molecule has 2 N–H and O–H groups in total. The first kappa shape index (κ1) is 13.8. The quantitative estimate of drug-likeness (QED) is 0.889. The molecule has 1 unspecified atom stereocenters. The molecule has 0 aliphatic rings. The van der Waals surface area contributed by atoms with Crippen molar-refractivity contribution in [3.8, 4) is 0 Å². The number of rotatable bonds is 4. The summed E-state index contributed by atoms with van der Waals surface area (Å²) in [6, 6.07) is 11.4. The van der Waals surface area contributed by atoms with E-state index in [1.807, 2.05) is 25.1 Å². The average Bonchev–Trinajstić information content (AvgIpc) is 2.40. The van der Waals surface area contributed by atoms with Crippen LogP contribution in [-0.4, -0.2) is 11.7 Å². The fraction of sp³-hybridized carbons (Fsp3) is 0.200. The van der Waals surface area contributed by atoms with Crippen molar-refractivity contribution in [2.24, 2.45) is 0 Å². The second-order valence-corrected chi connectivity index (χ2v) is 4.84. The largest absolute Gasteiger partial charge is 0.387 e. The third-order valence-electron chi connectivity index (χ3n) is 2.86. The van der Waals surface area contributed by atoms with Gasteiger partial charge < -0.3 is 10.4 Å². The summed E-state index contributed by atoms with van der Waals surface area (Å²) in [5.74, 6) is -0.314. The Balaban J connectivity index is 2.02. The van der Waals surface area contributed by atoms with E-state index in [0.717, 1.165) is 11.3 Å². The monoisotopic (exact) mass is 279 g/mol. The van der Waals surface area contributed by atoms with Crippen LogP contribution >= 0.6 is 11.6 Å². The summed E-state index contributed by atoms with van der Waals surface area (Å²) in [5.41, 5.74) is 2.53. The summed E-state index contributed by atoms with van der Waals surface area (Å²) in [5, 5.41) is 13.7. The third kappa shape index (κ3) is 3.69. The summed E-state index contributed by atoms with van der Waals surface area (Å²) in [6.07, 6.45) is -0.711. The summed E-state index contributed by atoms with van der Waals surface area (Å²) < 4.78 is 12.8. The van der Waals surface area contributed by atoms with Gasteiger partial charge in [0, 0.05) is 6.54 Å². The van der Waals surface area contributed by atoms with E-state index in [4.69, 9.17) is 11.6 Å². The van der Waals surface area contributed by atoms with E-state index in [0.29, 0.717) is 17.1 Å². The van der Waals surface area contributed by atoms with Crippen LogP contribution in [-0.2, 0) is 0 Å². The number of nitrogens with one attached hydrogen (secondary N) is 1. The molecule has 2 nitrogen and oxygen atoms in total. The number of aryl methyl sites for hydroxylation is 1. The number of hydrogen-bond donors (Lipinski definition) is 2. The molecule has 1 atom stereocenters. The maximum Gasteiger partial charge on any atom is 0.123 e. The first-order valence-electron chi connectivity index (χ1n) is 6.00. The number of aliphatic hydroxyl groups excluding tert-OH is 1. The van der Waals surface area contributed by atoms with Crippen molar-refractivity contribution in [2.75, 3.05) is 11.9 Å². The van der Waals surface area contributed by atoms with Crippen LogP contribution in [0.5, 0.6) is 0 Å². The molecule has 100 valence electrons. The molecule has 0 bridgehead atoms. The fourth-order valence-corrected chi connectivity index (χ4v) is 1.97. The molecular weight excluding hydrogens is 265 g/mol. The molecule has 2 aromatic rings. The minimum atomic E-state index is -0.711. The molecule has 0 radical (unpaired) electrons. The van der Waals surface area contributed by atoms with Gasteiger partial charge in [-0.25, -0.2) is 4.39 Å². The molecule has 0 aliphatic heterocycles. The molecule has 0 aromatic heterocycles. The molecule has 0 saturated heterocycles. The van der Waals surface area contributed by atoms with E-state index in [1.165, 1.54) is 12.1 Å². The van der Waals surface area contributed by atoms with Gasteiger partial charge in [-0.2, -0.15) is 0 Å². The highest BCUT2D eigenvalue weighted by Crippen LogP contribution is 2.24. The van der Waals surface area contributed by atoms with E-state index < -0.39 is 6.10 Å². The molecule has 19 heavy (non-hydrogen) atoms. The highest BCUT2D eigenvalue weighted by atomic mass is 35.5. The average molecular weight is 280 g/mol. The van der Waals surface area contributed by atoms with Crippen LogP contribution in [0.1, 0.15) is 17.2 Å². The molecule has 0 aliphatic carbocycles. The summed E-state index contributed by atoms with van der Waals surface area (Å²) in [6.45, 7) is 2.28. The maximum atomic E-state index is 12.8. The lowest BCUT2D eigenvalue weighted by Gasteiger charge is -2.14. The summed E-state index contributed by atoms with van der Waals surface area (Å²) in [4.78, 5) is 0. The van der Waals surface area contributed by atoms with Gasteiger partial charge in [-0.1, -0.05) is 29.8 Å². The van der Waals surface area contributed by atoms with Crippen molar-refractivity contribution in [3.63, 3.8) is 0 Å². The lowest BCUT2D eigenvalue weighted by Crippen LogP contribution is -2.12. The Kier molecular flexibility index (Phi) is 4.40. The van der Waals surface area contributed by atoms with Gasteiger partial charge in [0.05, 0.1) is 16.8 Å². The van der Waals surface area contributed by atoms with E-state index >= 15 is 0 Å². The van der Waals surface area contributed by atoms with Crippen LogP contribution < -0.4 is 5.32 Å². The van der Waals surface area contributed by atoms with Gasteiger partial charge >= 0.3 is 0 Å². The van der Waals surface area contributed by atoms with Crippen LogP contribution in [0.15, 0.2) is 42.5 Å². The molecule has 0 amide bonds. The summed E-state index contributed by atoms with van der Waals surface area (Å²) in [7, 11) is 0. The smallest absolute Gasteiger partial charge is 0.123 e.